The van der Waals surface area contributed by atoms with Gasteiger partial charge >= 0.3 is 0 Å². The predicted octanol–water partition coefficient (Wildman–Crippen LogP) is 0.637. The number of halogens is 1. The highest BCUT2D eigenvalue weighted by Crippen LogP contribution is 1.68. The molecule has 0 aromatic carbocycles. The van der Waals surface area contributed by atoms with Crippen LogP contribution < -0.4 is 0 Å². The second-order valence-corrected chi connectivity index (χ2v) is 0.751. The number of hydrogen-bond donors (Lipinski definition) is 0. The third-order valence-electron chi connectivity index (χ3n) is 0.126. The third-order valence-corrected chi connectivity index (χ3v) is 0.377. The normalized spacial score (nSPS) is 6.80. The van der Waals surface area contributed by atoms with Crippen molar-refractivity contribution < 1.29 is 4.48 Å². The van der Waals surface area contributed by atoms with E-state index < -0.39 is 0 Å². The van der Waals surface area contributed by atoms with Crippen molar-refractivity contribution in [1.29, 1.82) is 0 Å². The first-order valence-electron chi connectivity index (χ1n) is 1.04. The zero-order chi connectivity index (χ0) is 4.28. The number of hydrogen-bond acceptors (Lipinski definition) is 1. The quantitative estimate of drug-likeness (QED) is 0.265. The van der Waals surface area contributed by atoms with Crippen LogP contribution in [0.2, 0.25) is 0 Å². The number of rotatable bonds is 1. The maximum atomic E-state index is 11.0. The van der Waals surface area contributed by atoms with Gasteiger partial charge in [0.15, 0.2) is 5.49 Å². The topological polar surface area (TPSA) is 3.24 Å². The molecule has 1 radical (unpaired) electrons. The average molecular weight is 92.1 g/mol. The van der Waals surface area contributed by atoms with Crippen LogP contribution in [-0.4, -0.2) is 17.7 Å². The van der Waals surface area contributed by atoms with Crippen LogP contribution in [0.25, 0.3) is 0 Å². The summed E-state index contributed by atoms with van der Waals surface area (Å²) in [6.07, 6.45) is 0. The molecular weight excluding hydrogens is 89.1 g/mol. The van der Waals surface area contributed by atoms with Crippen LogP contribution in [0, 0.1) is 0 Å². The standard InChI is InChI=1S/C2H3FNS/c1-4(3)2-5/h1H3. The molecule has 0 amide bonds. The minimum atomic E-state index is 0.190. The zero-order valence-electron chi connectivity index (χ0n) is 2.73. The summed E-state index contributed by atoms with van der Waals surface area (Å²) < 4.78 is 11.0. The minimum Gasteiger partial charge on any atom is -0.201 e. The van der Waals surface area contributed by atoms with Crippen molar-refractivity contribution in [2.45, 2.75) is 0 Å². The number of thiocarbonyl (C=S) groups is 1. The number of nitrogens with zero attached hydrogens (tertiary/aromatic N) is 1. The molecule has 0 aliphatic carbocycles. The fourth-order valence-electron chi connectivity index (χ4n) is 0. The highest BCUT2D eigenvalue weighted by molar-refractivity contribution is 7.78. The smallest absolute Gasteiger partial charge is 0.168 e. The van der Waals surface area contributed by atoms with Gasteiger partial charge in [0.1, 0.15) is 0 Å². The molecular formula is C2H3FNS. The molecule has 0 spiro atoms. The minimum absolute atomic E-state index is 0.190. The molecule has 0 N–H and O–H groups in total. The van der Waals surface area contributed by atoms with E-state index in [2.05, 4.69) is 12.2 Å². The van der Waals surface area contributed by atoms with Gasteiger partial charge in [-0.2, -0.15) is 0 Å². The highest BCUT2D eigenvalue weighted by Gasteiger charge is 1.73. The van der Waals surface area contributed by atoms with E-state index in [1.165, 1.54) is 7.05 Å². The van der Waals surface area contributed by atoms with E-state index >= 15 is 0 Å². The molecule has 0 fully saturated rings. The largest absolute Gasteiger partial charge is 0.201 e. The van der Waals surface area contributed by atoms with E-state index in [4.69, 9.17) is 0 Å². The summed E-state index contributed by atoms with van der Waals surface area (Å²) in [6, 6.07) is 0. The molecule has 0 aliphatic heterocycles. The second kappa shape index (κ2) is 2.08. The first-order chi connectivity index (χ1) is 2.27. The summed E-state index contributed by atoms with van der Waals surface area (Å²) in [7, 11) is 1.17. The summed E-state index contributed by atoms with van der Waals surface area (Å²) in [4.78, 5) is 0. The Morgan fingerprint density at radius 3 is 2.20 bits per heavy atom. The van der Waals surface area contributed by atoms with Crippen molar-refractivity contribution in [3.63, 3.8) is 0 Å². The van der Waals surface area contributed by atoms with Crippen molar-refractivity contribution in [1.82, 2.24) is 5.12 Å². The van der Waals surface area contributed by atoms with Gasteiger partial charge < -0.3 is 0 Å². The molecule has 0 aromatic heterocycles. The van der Waals surface area contributed by atoms with Gasteiger partial charge in [0.05, 0.1) is 0 Å². The Labute approximate surface area is 35.3 Å². The Bertz CT molecular complexity index is 36.6. The Balaban J connectivity index is 2.83. The van der Waals surface area contributed by atoms with E-state index in [-0.39, 0.29) is 5.12 Å². The van der Waals surface area contributed by atoms with Crippen molar-refractivity contribution in [3.8, 4) is 0 Å². The van der Waals surface area contributed by atoms with Crippen LogP contribution >= 0.6 is 12.2 Å². The Kier molecular flexibility index (Phi) is 2.01. The lowest BCUT2D eigenvalue weighted by Crippen LogP contribution is -1.97. The van der Waals surface area contributed by atoms with Crippen LogP contribution in [0.4, 0.5) is 4.48 Å². The van der Waals surface area contributed by atoms with Crippen LogP contribution in [0.1, 0.15) is 0 Å². The van der Waals surface area contributed by atoms with Crippen molar-refractivity contribution in [2.75, 3.05) is 7.05 Å². The van der Waals surface area contributed by atoms with Gasteiger partial charge in [-0.3, -0.25) is 0 Å². The predicted molar refractivity (Wildman–Crippen MR) is 21.5 cm³/mol. The van der Waals surface area contributed by atoms with E-state index in [0.29, 0.717) is 0 Å². The molecule has 3 heteroatoms. The first kappa shape index (κ1) is 4.82. The molecule has 1 nitrogen and oxygen atoms in total. The Morgan fingerprint density at radius 2 is 2.20 bits per heavy atom. The lowest BCUT2D eigenvalue weighted by molar-refractivity contribution is 0.173. The summed E-state index contributed by atoms with van der Waals surface area (Å²) >= 11 is 3.98. The molecule has 0 saturated carbocycles. The van der Waals surface area contributed by atoms with Gasteiger partial charge in [-0.1, -0.05) is 16.7 Å². The fraction of sp³-hybridized carbons (Fsp3) is 0.500. The molecule has 0 rings (SSSR count). The van der Waals surface area contributed by atoms with Gasteiger partial charge in [0, 0.05) is 7.05 Å². The average Bonchev–Trinajstić information content (AvgIpc) is 1.38. The SMILES string of the molecule is CN(F)[C]=S. The van der Waals surface area contributed by atoms with Gasteiger partial charge in [-0.25, -0.2) is 5.12 Å². The van der Waals surface area contributed by atoms with E-state index in [0.717, 1.165) is 0 Å². The molecule has 0 unspecified atom stereocenters. The van der Waals surface area contributed by atoms with Crippen molar-refractivity contribution in [2.24, 2.45) is 0 Å². The third kappa shape index (κ3) is 3.82. The van der Waals surface area contributed by atoms with Gasteiger partial charge in [-0.05, 0) is 0 Å². The molecule has 0 saturated heterocycles. The maximum Gasteiger partial charge on any atom is 0.168 e. The lowest BCUT2D eigenvalue weighted by atomic mass is 11.2. The maximum absolute atomic E-state index is 11.0. The second-order valence-electron chi connectivity index (χ2n) is 0.568. The fourth-order valence-corrected chi connectivity index (χ4v) is 0. The van der Waals surface area contributed by atoms with Crippen molar-refractivity contribution in [3.05, 3.63) is 0 Å². The summed E-state index contributed by atoms with van der Waals surface area (Å²) in [5.41, 5.74) is 1.78. The monoisotopic (exact) mass is 92.0 g/mol. The first-order valence-corrected chi connectivity index (χ1v) is 1.45. The highest BCUT2D eigenvalue weighted by atomic mass is 32.1. The van der Waals surface area contributed by atoms with Gasteiger partial charge in [-0.15, -0.1) is 0 Å². The van der Waals surface area contributed by atoms with Gasteiger partial charge in [0.2, 0.25) is 0 Å². The van der Waals surface area contributed by atoms with Crippen LogP contribution in [0.15, 0.2) is 0 Å². The summed E-state index contributed by atoms with van der Waals surface area (Å²) in [5, 5.41) is 0.190. The van der Waals surface area contributed by atoms with E-state index in [1.807, 2.05) is 0 Å². The van der Waals surface area contributed by atoms with E-state index in [9.17, 15) is 4.48 Å². The Morgan fingerprint density at radius 1 is 2.00 bits per heavy atom. The molecule has 5 heavy (non-hydrogen) atoms. The molecule has 0 atom stereocenters. The van der Waals surface area contributed by atoms with Crippen LogP contribution in [-0.2, 0) is 0 Å². The summed E-state index contributed by atoms with van der Waals surface area (Å²) in [5.74, 6) is 0. The molecule has 0 aliphatic rings. The Hall–Kier alpha value is -0.180. The molecule has 29 valence electrons. The van der Waals surface area contributed by atoms with Crippen LogP contribution in [0.5, 0.6) is 0 Å². The molecule has 0 heterocycles. The molecule has 0 aromatic rings. The van der Waals surface area contributed by atoms with Gasteiger partial charge in [0.25, 0.3) is 0 Å². The zero-order valence-corrected chi connectivity index (χ0v) is 3.55. The summed E-state index contributed by atoms with van der Waals surface area (Å²) in [6.45, 7) is 0. The molecule has 0 bridgehead atoms. The lowest BCUT2D eigenvalue weighted by Gasteiger charge is -1.86. The van der Waals surface area contributed by atoms with Crippen molar-refractivity contribution >= 4 is 17.7 Å². The van der Waals surface area contributed by atoms with Crippen LogP contribution in [0.3, 0.4) is 0 Å². The van der Waals surface area contributed by atoms with E-state index in [1.54, 1.807) is 5.49 Å².